The number of carboxylic acids is 1. The maximum atomic E-state index is 10.9. The highest BCUT2D eigenvalue weighted by molar-refractivity contribution is 6.00. The lowest BCUT2D eigenvalue weighted by molar-refractivity contribution is 0.0698. The van der Waals surface area contributed by atoms with Gasteiger partial charge in [-0.1, -0.05) is 6.07 Å². The van der Waals surface area contributed by atoms with Gasteiger partial charge in [0.05, 0.1) is 11.1 Å². The highest BCUT2D eigenvalue weighted by Gasteiger charge is 2.13. The van der Waals surface area contributed by atoms with Crippen LogP contribution in [0, 0.1) is 0 Å². The number of benzene rings is 1. The van der Waals surface area contributed by atoms with Crippen LogP contribution in [0.2, 0.25) is 0 Å². The number of hydrogen-bond acceptors (Lipinski definition) is 3. The molecule has 0 unspecified atom stereocenters. The van der Waals surface area contributed by atoms with Crippen molar-refractivity contribution in [2.24, 2.45) is 0 Å². The van der Waals surface area contributed by atoms with Crippen LogP contribution in [0.1, 0.15) is 29.2 Å². The van der Waals surface area contributed by atoms with Crippen LogP contribution in [0.4, 0.5) is 0 Å². The summed E-state index contributed by atoms with van der Waals surface area (Å²) in [5.41, 5.74) is 1.13. The van der Waals surface area contributed by atoms with Gasteiger partial charge in [-0.3, -0.25) is 0 Å². The van der Waals surface area contributed by atoms with E-state index >= 15 is 0 Å². The van der Waals surface area contributed by atoms with Crippen LogP contribution in [-0.4, -0.2) is 26.2 Å². The first-order chi connectivity index (χ1) is 7.09. The summed E-state index contributed by atoms with van der Waals surface area (Å²) in [6.45, 7) is 1.57. The smallest absolute Gasteiger partial charge is 0.337 e. The summed E-state index contributed by atoms with van der Waals surface area (Å²) in [6, 6.07) is 4.84. The SMILES string of the molecule is C[C@H](O)c1nc2c(C(=O)O)cccc2[nH]1. The second kappa shape index (κ2) is 3.36. The second-order valence-electron chi connectivity index (χ2n) is 3.30. The number of aliphatic hydroxyl groups excluding tert-OH is 1. The number of rotatable bonds is 2. The van der Waals surface area contributed by atoms with Gasteiger partial charge in [0, 0.05) is 0 Å². The highest BCUT2D eigenvalue weighted by Crippen LogP contribution is 2.19. The number of H-pyrrole nitrogens is 1. The molecule has 0 aliphatic carbocycles. The molecule has 1 aromatic heterocycles. The van der Waals surface area contributed by atoms with E-state index in [-0.39, 0.29) is 5.56 Å². The van der Waals surface area contributed by atoms with Crippen LogP contribution in [0.5, 0.6) is 0 Å². The van der Waals surface area contributed by atoms with Crippen molar-refractivity contribution in [1.82, 2.24) is 9.97 Å². The Morgan fingerprint density at radius 1 is 1.53 bits per heavy atom. The van der Waals surface area contributed by atoms with Crippen LogP contribution in [0.15, 0.2) is 18.2 Å². The van der Waals surface area contributed by atoms with Crippen LogP contribution < -0.4 is 0 Å². The molecule has 0 radical (unpaired) electrons. The van der Waals surface area contributed by atoms with Crippen LogP contribution >= 0.6 is 0 Å². The summed E-state index contributed by atoms with van der Waals surface area (Å²) in [4.78, 5) is 17.8. The quantitative estimate of drug-likeness (QED) is 0.691. The van der Waals surface area contributed by atoms with E-state index in [1.165, 1.54) is 6.07 Å². The topological polar surface area (TPSA) is 86.2 Å². The highest BCUT2D eigenvalue weighted by atomic mass is 16.4. The molecule has 0 spiro atoms. The zero-order valence-electron chi connectivity index (χ0n) is 8.06. The van der Waals surface area contributed by atoms with E-state index in [4.69, 9.17) is 5.11 Å². The van der Waals surface area contributed by atoms with Gasteiger partial charge in [0.1, 0.15) is 17.4 Å². The van der Waals surface area contributed by atoms with Crippen molar-refractivity contribution >= 4 is 17.0 Å². The maximum Gasteiger partial charge on any atom is 0.337 e. The molecule has 15 heavy (non-hydrogen) atoms. The molecular formula is C10H10N2O3. The van der Waals surface area contributed by atoms with Gasteiger partial charge in [0.15, 0.2) is 0 Å². The number of aliphatic hydroxyl groups is 1. The van der Waals surface area contributed by atoms with Crippen LogP contribution in [-0.2, 0) is 0 Å². The first-order valence-corrected chi connectivity index (χ1v) is 4.49. The Kier molecular flexibility index (Phi) is 2.17. The van der Waals surface area contributed by atoms with Gasteiger partial charge in [-0.05, 0) is 19.1 Å². The summed E-state index contributed by atoms with van der Waals surface area (Å²) >= 11 is 0. The summed E-state index contributed by atoms with van der Waals surface area (Å²) in [7, 11) is 0. The molecule has 78 valence electrons. The molecule has 1 atom stereocenters. The number of para-hydroxylation sites is 1. The summed E-state index contributed by atoms with van der Waals surface area (Å²) in [6.07, 6.45) is -0.737. The van der Waals surface area contributed by atoms with Gasteiger partial charge in [-0.2, -0.15) is 0 Å². The Morgan fingerprint density at radius 2 is 2.27 bits per heavy atom. The molecule has 2 aromatic rings. The third-order valence-electron chi connectivity index (χ3n) is 2.16. The average Bonchev–Trinajstić information content (AvgIpc) is 2.60. The molecule has 0 saturated heterocycles. The lowest BCUT2D eigenvalue weighted by Crippen LogP contribution is -1.97. The molecule has 3 N–H and O–H groups in total. The molecule has 2 rings (SSSR count). The number of carbonyl (C=O) groups is 1. The number of aromatic nitrogens is 2. The number of nitrogens with one attached hydrogen (secondary N) is 1. The number of fused-ring (bicyclic) bond motifs is 1. The van der Waals surface area contributed by atoms with Crippen LogP contribution in [0.25, 0.3) is 11.0 Å². The van der Waals surface area contributed by atoms with Gasteiger partial charge >= 0.3 is 5.97 Å². The third kappa shape index (κ3) is 1.57. The second-order valence-corrected chi connectivity index (χ2v) is 3.30. The van der Waals surface area contributed by atoms with Gasteiger partial charge in [-0.25, -0.2) is 9.78 Å². The first-order valence-electron chi connectivity index (χ1n) is 4.49. The number of hydrogen-bond donors (Lipinski definition) is 3. The van der Waals surface area contributed by atoms with Crippen molar-refractivity contribution in [2.45, 2.75) is 13.0 Å². The molecule has 1 aromatic carbocycles. The Labute approximate surface area is 85.4 Å². The fraction of sp³-hybridized carbons (Fsp3) is 0.200. The van der Waals surface area contributed by atoms with E-state index in [0.717, 1.165) is 0 Å². The predicted molar refractivity (Wildman–Crippen MR) is 53.7 cm³/mol. The lowest BCUT2D eigenvalue weighted by atomic mass is 10.2. The van der Waals surface area contributed by atoms with Crippen molar-refractivity contribution in [3.63, 3.8) is 0 Å². The number of imidazole rings is 1. The van der Waals surface area contributed by atoms with E-state index in [0.29, 0.717) is 16.9 Å². The standard InChI is InChI=1S/C10H10N2O3/c1-5(13)9-11-7-4-2-3-6(10(14)15)8(7)12-9/h2-5,13H,1H3,(H,11,12)(H,14,15)/t5-/m0/s1. The Balaban J connectivity index is 2.70. The Bertz CT molecular complexity index is 516. The maximum absolute atomic E-state index is 10.9. The Hall–Kier alpha value is -1.88. The number of aromatic carboxylic acids is 1. The average molecular weight is 206 g/mol. The van der Waals surface area contributed by atoms with Gasteiger partial charge in [0.25, 0.3) is 0 Å². The monoisotopic (exact) mass is 206 g/mol. The fourth-order valence-corrected chi connectivity index (χ4v) is 1.42. The summed E-state index contributed by atoms with van der Waals surface area (Å²) in [5.74, 6) is -0.650. The summed E-state index contributed by atoms with van der Waals surface area (Å²) in [5, 5.41) is 18.2. The minimum Gasteiger partial charge on any atom is -0.478 e. The van der Waals surface area contributed by atoms with Crippen molar-refractivity contribution in [1.29, 1.82) is 0 Å². The third-order valence-corrected chi connectivity index (χ3v) is 2.16. The summed E-state index contributed by atoms with van der Waals surface area (Å²) < 4.78 is 0. The van der Waals surface area contributed by atoms with Gasteiger partial charge < -0.3 is 15.2 Å². The minimum atomic E-state index is -1.02. The largest absolute Gasteiger partial charge is 0.478 e. The molecule has 0 fully saturated rings. The van der Waals surface area contributed by atoms with E-state index in [9.17, 15) is 9.90 Å². The zero-order valence-corrected chi connectivity index (χ0v) is 8.06. The zero-order chi connectivity index (χ0) is 11.0. The molecule has 0 bridgehead atoms. The molecule has 5 heteroatoms. The van der Waals surface area contributed by atoms with Gasteiger partial charge in [0.2, 0.25) is 0 Å². The molecule has 1 heterocycles. The van der Waals surface area contributed by atoms with Crippen molar-refractivity contribution in [3.05, 3.63) is 29.6 Å². The van der Waals surface area contributed by atoms with Gasteiger partial charge in [-0.15, -0.1) is 0 Å². The number of nitrogens with zero attached hydrogens (tertiary/aromatic N) is 1. The molecule has 0 aliphatic heterocycles. The fourth-order valence-electron chi connectivity index (χ4n) is 1.42. The Morgan fingerprint density at radius 3 is 2.87 bits per heavy atom. The van der Waals surface area contributed by atoms with E-state index in [2.05, 4.69) is 9.97 Å². The number of aromatic amines is 1. The lowest BCUT2D eigenvalue weighted by Gasteiger charge is -1.95. The normalized spacial score (nSPS) is 12.9. The molecular weight excluding hydrogens is 196 g/mol. The molecule has 0 amide bonds. The minimum absolute atomic E-state index is 0.135. The number of carboxylic acid groups (broad SMARTS) is 1. The van der Waals surface area contributed by atoms with Crippen LogP contribution in [0.3, 0.4) is 0 Å². The van der Waals surface area contributed by atoms with Crippen molar-refractivity contribution < 1.29 is 15.0 Å². The van der Waals surface area contributed by atoms with Crippen molar-refractivity contribution in [3.8, 4) is 0 Å². The molecule has 5 nitrogen and oxygen atoms in total. The molecule has 0 aliphatic rings. The predicted octanol–water partition coefficient (Wildman–Crippen LogP) is 1.31. The molecule has 0 saturated carbocycles. The van der Waals surface area contributed by atoms with Crippen molar-refractivity contribution in [2.75, 3.05) is 0 Å². The van der Waals surface area contributed by atoms with E-state index < -0.39 is 12.1 Å². The first kappa shape index (κ1) is 9.67. The van der Waals surface area contributed by atoms with E-state index in [1.54, 1.807) is 19.1 Å². The van der Waals surface area contributed by atoms with E-state index in [1.807, 2.05) is 0 Å².